The van der Waals surface area contributed by atoms with Crippen LogP contribution in [-0.2, 0) is 4.79 Å². The number of nitrogens with one attached hydrogen (secondary N) is 1. The van der Waals surface area contributed by atoms with Gasteiger partial charge in [0.2, 0.25) is 5.91 Å². The van der Waals surface area contributed by atoms with E-state index in [1.54, 1.807) is 12.3 Å². The molecular weight excluding hydrogens is 333 g/mol. The Morgan fingerprint density at radius 1 is 1.15 bits per heavy atom. The van der Waals surface area contributed by atoms with Gasteiger partial charge in [-0.2, -0.15) is 0 Å². The molecule has 1 amide bonds. The fourth-order valence-corrected chi connectivity index (χ4v) is 3.56. The number of rotatable bonds is 6. The predicted octanol–water partition coefficient (Wildman–Crippen LogP) is 2.81. The smallest absolute Gasteiger partial charge is 0.223 e. The molecule has 1 atom stereocenters. The van der Waals surface area contributed by atoms with Crippen molar-refractivity contribution in [2.24, 2.45) is 5.92 Å². The van der Waals surface area contributed by atoms with Crippen molar-refractivity contribution >= 4 is 11.6 Å². The molecule has 2 heterocycles. The van der Waals surface area contributed by atoms with Crippen molar-refractivity contribution in [2.75, 3.05) is 37.6 Å². The minimum absolute atomic E-state index is 0.00969. The fraction of sp³-hybridized carbons (Fsp3) is 0.450. The largest absolute Gasteiger partial charge is 0.468 e. The average molecular weight is 357 g/mol. The van der Waals surface area contributed by atoms with Crippen molar-refractivity contribution < 1.29 is 13.6 Å². The molecule has 1 aromatic carbocycles. The van der Waals surface area contributed by atoms with E-state index in [9.17, 15) is 9.18 Å². The number of halogens is 1. The summed E-state index contributed by atoms with van der Waals surface area (Å²) in [7, 11) is 0. The van der Waals surface area contributed by atoms with Gasteiger partial charge in [-0.1, -0.05) is 12.1 Å². The average Bonchev–Trinajstić information content (AvgIpc) is 3.39. The number of carbonyl (C=O) groups excluding carboxylic acids is 1. The monoisotopic (exact) mass is 357 g/mol. The lowest BCUT2D eigenvalue weighted by Gasteiger charge is -2.39. The van der Waals surface area contributed by atoms with Gasteiger partial charge in [0.15, 0.2) is 0 Å². The Hall–Kier alpha value is -2.34. The SMILES string of the molecule is O=C(NC[C@@H](c1ccco1)N1CCN(c2ccccc2F)CC1)C1CC1. The maximum Gasteiger partial charge on any atom is 0.223 e. The van der Waals surface area contributed by atoms with Crippen molar-refractivity contribution in [1.29, 1.82) is 0 Å². The molecule has 1 N–H and O–H groups in total. The number of hydrogen-bond acceptors (Lipinski definition) is 4. The standard InChI is InChI=1S/C20H24FN3O2/c21-16-4-1-2-5-17(16)23-9-11-24(12-10-23)18(19-6-3-13-26-19)14-22-20(25)15-7-8-15/h1-6,13,15,18H,7-12,14H2,(H,22,25)/t18-/m0/s1. The number of nitrogens with zero attached hydrogens (tertiary/aromatic N) is 2. The predicted molar refractivity (Wildman–Crippen MR) is 97.4 cm³/mol. The van der Waals surface area contributed by atoms with E-state index in [1.165, 1.54) is 6.07 Å². The third-order valence-electron chi connectivity index (χ3n) is 5.24. The highest BCUT2D eigenvalue weighted by molar-refractivity contribution is 5.80. The molecule has 1 aliphatic heterocycles. The van der Waals surface area contributed by atoms with E-state index in [2.05, 4.69) is 15.1 Å². The Morgan fingerprint density at radius 2 is 1.92 bits per heavy atom. The second-order valence-electron chi connectivity index (χ2n) is 7.03. The highest BCUT2D eigenvalue weighted by Gasteiger charge is 2.32. The van der Waals surface area contributed by atoms with Gasteiger partial charge in [-0.25, -0.2) is 4.39 Å². The lowest BCUT2D eigenvalue weighted by atomic mass is 10.1. The maximum atomic E-state index is 14.0. The zero-order chi connectivity index (χ0) is 17.9. The van der Waals surface area contributed by atoms with E-state index < -0.39 is 0 Å². The third-order valence-corrected chi connectivity index (χ3v) is 5.24. The van der Waals surface area contributed by atoms with Crippen LogP contribution in [0.3, 0.4) is 0 Å². The Labute approximate surface area is 152 Å². The van der Waals surface area contributed by atoms with E-state index in [-0.39, 0.29) is 23.7 Å². The van der Waals surface area contributed by atoms with Crippen LogP contribution in [0.25, 0.3) is 0 Å². The van der Waals surface area contributed by atoms with Crippen LogP contribution >= 0.6 is 0 Å². The molecule has 2 aromatic rings. The molecular formula is C20H24FN3O2. The van der Waals surface area contributed by atoms with E-state index >= 15 is 0 Å². The molecule has 1 saturated carbocycles. The first-order valence-corrected chi connectivity index (χ1v) is 9.27. The third kappa shape index (κ3) is 3.75. The van der Waals surface area contributed by atoms with Gasteiger partial charge in [-0.15, -0.1) is 0 Å². The van der Waals surface area contributed by atoms with Gasteiger partial charge >= 0.3 is 0 Å². The van der Waals surface area contributed by atoms with Crippen molar-refractivity contribution in [3.8, 4) is 0 Å². The van der Waals surface area contributed by atoms with Crippen LogP contribution in [0.5, 0.6) is 0 Å². The molecule has 0 radical (unpaired) electrons. The molecule has 1 aromatic heterocycles. The number of furan rings is 1. The summed E-state index contributed by atoms with van der Waals surface area (Å²) in [6, 6.07) is 10.7. The van der Waals surface area contributed by atoms with Crippen molar-refractivity contribution in [1.82, 2.24) is 10.2 Å². The van der Waals surface area contributed by atoms with E-state index in [0.29, 0.717) is 12.2 Å². The van der Waals surface area contributed by atoms with Crippen LogP contribution in [0.2, 0.25) is 0 Å². The molecule has 138 valence electrons. The summed E-state index contributed by atoms with van der Waals surface area (Å²) in [6.07, 6.45) is 3.66. The Kier molecular flexibility index (Phi) is 4.93. The van der Waals surface area contributed by atoms with Crippen LogP contribution in [0.4, 0.5) is 10.1 Å². The molecule has 6 heteroatoms. The summed E-state index contributed by atoms with van der Waals surface area (Å²) < 4.78 is 19.6. The van der Waals surface area contributed by atoms with E-state index in [1.807, 2.05) is 24.3 Å². The molecule has 2 fully saturated rings. The van der Waals surface area contributed by atoms with Gasteiger partial charge in [-0.3, -0.25) is 9.69 Å². The Balaban J connectivity index is 1.40. The summed E-state index contributed by atoms with van der Waals surface area (Å²) >= 11 is 0. The van der Waals surface area contributed by atoms with Crippen LogP contribution in [0, 0.1) is 11.7 Å². The highest BCUT2D eigenvalue weighted by Crippen LogP contribution is 2.30. The van der Waals surface area contributed by atoms with Crippen LogP contribution in [0.15, 0.2) is 47.1 Å². The zero-order valence-corrected chi connectivity index (χ0v) is 14.7. The molecule has 1 aliphatic carbocycles. The topological polar surface area (TPSA) is 48.7 Å². The second kappa shape index (κ2) is 7.50. The second-order valence-corrected chi connectivity index (χ2v) is 7.03. The molecule has 4 rings (SSSR count). The molecule has 0 unspecified atom stereocenters. The summed E-state index contributed by atoms with van der Waals surface area (Å²) in [6.45, 7) is 3.62. The van der Waals surface area contributed by atoms with E-state index in [0.717, 1.165) is 44.8 Å². The summed E-state index contributed by atoms with van der Waals surface area (Å²) in [5, 5.41) is 3.07. The van der Waals surface area contributed by atoms with Crippen LogP contribution < -0.4 is 10.2 Å². The van der Waals surface area contributed by atoms with Gasteiger partial charge in [0, 0.05) is 38.6 Å². The van der Waals surface area contributed by atoms with Crippen molar-refractivity contribution in [3.05, 3.63) is 54.2 Å². The number of anilines is 1. The zero-order valence-electron chi connectivity index (χ0n) is 14.7. The summed E-state index contributed by atoms with van der Waals surface area (Å²) in [5.41, 5.74) is 0.656. The van der Waals surface area contributed by atoms with Crippen LogP contribution in [0.1, 0.15) is 24.6 Å². The first-order valence-electron chi connectivity index (χ1n) is 9.27. The molecule has 0 bridgehead atoms. The number of benzene rings is 1. The number of amides is 1. The summed E-state index contributed by atoms with van der Waals surface area (Å²) in [5.74, 6) is 1.03. The molecule has 5 nitrogen and oxygen atoms in total. The van der Waals surface area contributed by atoms with Crippen LogP contribution in [-0.4, -0.2) is 43.5 Å². The number of hydrogen-bond donors (Lipinski definition) is 1. The lowest BCUT2D eigenvalue weighted by molar-refractivity contribution is -0.122. The minimum Gasteiger partial charge on any atom is -0.468 e. The van der Waals surface area contributed by atoms with Crippen molar-refractivity contribution in [3.63, 3.8) is 0 Å². The molecule has 2 aliphatic rings. The quantitative estimate of drug-likeness (QED) is 0.864. The van der Waals surface area contributed by atoms with Gasteiger partial charge in [0.05, 0.1) is 18.0 Å². The Morgan fingerprint density at radius 3 is 2.58 bits per heavy atom. The highest BCUT2D eigenvalue weighted by atomic mass is 19.1. The first-order chi connectivity index (χ1) is 12.7. The lowest BCUT2D eigenvalue weighted by Crippen LogP contribution is -2.50. The van der Waals surface area contributed by atoms with E-state index in [4.69, 9.17) is 4.42 Å². The van der Waals surface area contributed by atoms with Gasteiger partial charge in [0.25, 0.3) is 0 Å². The maximum absolute atomic E-state index is 14.0. The number of carbonyl (C=O) groups is 1. The summed E-state index contributed by atoms with van der Waals surface area (Å²) in [4.78, 5) is 16.4. The normalized spacial score (nSPS) is 19.3. The van der Waals surface area contributed by atoms with Crippen molar-refractivity contribution in [2.45, 2.75) is 18.9 Å². The number of para-hydroxylation sites is 1. The van der Waals surface area contributed by atoms with Gasteiger partial charge in [0.1, 0.15) is 11.6 Å². The molecule has 0 spiro atoms. The fourth-order valence-electron chi connectivity index (χ4n) is 3.56. The number of piperazine rings is 1. The Bertz CT molecular complexity index is 737. The molecule has 1 saturated heterocycles. The van der Waals surface area contributed by atoms with Gasteiger partial charge in [-0.05, 0) is 37.1 Å². The molecule has 26 heavy (non-hydrogen) atoms. The van der Waals surface area contributed by atoms with Gasteiger partial charge < -0.3 is 14.6 Å². The first kappa shape index (κ1) is 17.1. The minimum atomic E-state index is -0.180.